The number of halogens is 4. The number of nitrogens with zero attached hydrogens (tertiary/aromatic N) is 2. The van der Waals surface area contributed by atoms with Gasteiger partial charge in [0, 0.05) is 10.8 Å². The fourth-order valence-electron chi connectivity index (χ4n) is 2.94. The van der Waals surface area contributed by atoms with Crippen molar-refractivity contribution in [2.45, 2.75) is 5.16 Å². The molecule has 0 atom stereocenters. The third-order valence-electron chi connectivity index (χ3n) is 4.37. The highest BCUT2D eigenvalue weighted by molar-refractivity contribution is 7.99. The van der Waals surface area contributed by atoms with E-state index in [1.807, 2.05) is 6.07 Å². The van der Waals surface area contributed by atoms with Gasteiger partial charge in [-0.3, -0.25) is 9.36 Å². The fourth-order valence-corrected chi connectivity index (χ4v) is 4.41. The van der Waals surface area contributed by atoms with E-state index in [1.54, 1.807) is 36.4 Å². The van der Waals surface area contributed by atoms with Crippen LogP contribution in [0.5, 0.6) is 5.75 Å². The molecular weight excluding hydrogens is 482 g/mol. The Balaban J connectivity index is 1.64. The van der Waals surface area contributed by atoms with Crippen LogP contribution in [0, 0.1) is 5.82 Å². The molecule has 4 nitrogen and oxygen atoms in total. The van der Waals surface area contributed by atoms with Crippen LogP contribution in [0.1, 0.15) is 0 Å². The molecule has 0 fully saturated rings. The number of aromatic nitrogens is 2. The van der Waals surface area contributed by atoms with Crippen LogP contribution in [0.2, 0.25) is 15.1 Å². The average Bonchev–Trinajstić information content (AvgIpc) is 2.75. The van der Waals surface area contributed by atoms with E-state index >= 15 is 0 Å². The van der Waals surface area contributed by atoms with E-state index in [1.165, 1.54) is 34.5 Å². The van der Waals surface area contributed by atoms with Crippen molar-refractivity contribution in [2.24, 2.45) is 0 Å². The Morgan fingerprint density at radius 2 is 1.81 bits per heavy atom. The first-order valence-electron chi connectivity index (χ1n) is 9.12. The second kappa shape index (κ2) is 9.49. The standard InChI is InChI=1S/C22H14Cl3FN2O2S/c23-13-5-8-20(17(25)11-13)30-9-10-31-22-27-19-4-2-1-3-15(19)21(29)28(22)14-6-7-18(26)16(24)12-14/h1-8,11-12H,9-10H2. The largest absolute Gasteiger partial charge is 0.491 e. The minimum atomic E-state index is -0.560. The molecule has 0 saturated carbocycles. The van der Waals surface area contributed by atoms with Crippen LogP contribution >= 0.6 is 46.6 Å². The summed E-state index contributed by atoms with van der Waals surface area (Å²) in [5.41, 5.74) is 0.734. The van der Waals surface area contributed by atoms with Gasteiger partial charge >= 0.3 is 0 Å². The lowest BCUT2D eigenvalue weighted by Crippen LogP contribution is -2.22. The lowest BCUT2D eigenvalue weighted by molar-refractivity contribution is 0.344. The molecule has 0 N–H and O–H groups in total. The molecule has 0 spiro atoms. The third kappa shape index (κ3) is 4.83. The summed E-state index contributed by atoms with van der Waals surface area (Å²) >= 11 is 19.3. The summed E-state index contributed by atoms with van der Waals surface area (Å²) in [4.78, 5) is 17.8. The molecule has 0 unspecified atom stereocenters. The van der Waals surface area contributed by atoms with Gasteiger partial charge in [-0.25, -0.2) is 9.37 Å². The van der Waals surface area contributed by atoms with Crippen molar-refractivity contribution < 1.29 is 9.13 Å². The van der Waals surface area contributed by atoms with Crippen LogP contribution in [0.25, 0.3) is 16.6 Å². The Morgan fingerprint density at radius 3 is 2.58 bits per heavy atom. The molecule has 0 saturated heterocycles. The maximum atomic E-state index is 13.7. The van der Waals surface area contributed by atoms with Gasteiger partial charge in [0.15, 0.2) is 5.16 Å². The molecule has 4 aromatic rings. The van der Waals surface area contributed by atoms with Crippen molar-refractivity contribution >= 4 is 57.5 Å². The van der Waals surface area contributed by atoms with Crippen molar-refractivity contribution in [1.29, 1.82) is 0 Å². The van der Waals surface area contributed by atoms with Crippen molar-refractivity contribution in [1.82, 2.24) is 9.55 Å². The molecule has 0 aliphatic heterocycles. The highest BCUT2D eigenvalue weighted by Gasteiger charge is 2.15. The molecule has 0 radical (unpaired) electrons. The predicted octanol–water partition coefficient (Wildman–Crippen LogP) is 6.66. The predicted molar refractivity (Wildman–Crippen MR) is 125 cm³/mol. The Labute approximate surface area is 196 Å². The number of hydrogen-bond donors (Lipinski definition) is 0. The topological polar surface area (TPSA) is 44.1 Å². The monoisotopic (exact) mass is 494 g/mol. The highest BCUT2D eigenvalue weighted by atomic mass is 35.5. The summed E-state index contributed by atoms with van der Waals surface area (Å²) in [6.45, 7) is 0.318. The number of para-hydroxylation sites is 1. The quantitative estimate of drug-likeness (QED) is 0.170. The molecule has 3 aromatic carbocycles. The van der Waals surface area contributed by atoms with E-state index in [9.17, 15) is 9.18 Å². The number of thioether (sulfide) groups is 1. The Hall–Kier alpha value is -2.25. The van der Waals surface area contributed by atoms with Gasteiger partial charge in [0.05, 0.1) is 33.2 Å². The molecule has 4 rings (SSSR count). The molecule has 1 heterocycles. The SMILES string of the molecule is O=c1c2ccccc2nc(SCCOc2ccc(Cl)cc2Cl)n1-c1ccc(F)c(Cl)c1. The van der Waals surface area contributed by atoms with E-state index in [4.69, 9.17) is 39.5 Å². The van der Waals surface area contributed by atoms with Crippen LogP contribution in [0.4, 0.5) is 4.39 Å². The molecule has 1 aromatic heterocycles. The zero-order valence-electron chi connectivity index (χ0n) is 15.8. The van der Waals surface area contributed by atoms with Crippen LogP contribution in [0.15, 0.2) is 70.6 Å². The number of benzene rings is 3. The summed E-state index contributed by atoms with van der Waals surface area (Å²) in [5, 5.41) is 1.76. The van der Waals surface area contributed by atoms with E-state index < -0.39 is 5.82 Å². The molecule has 9 heteroatoms. The maximum Gasteiger partial charge on any atom is 0.266 e. The molecule has 0 amide bonds. The highest BCUT2D eigenvalue weighted by Crippen LogP contribution is 2.28. The molecule has 0 aliphatic rings. The van der Waals surface area contributed by atoms with Crippen molar-refractivity contribution in [3.8, 4) is 11.4 Å². The Kier molecular flexibility index (Phi) is 6.72. The second-order valence-corrected chi connectivity index (χ2v) is 8.74. The van der Waals surface area contributed by atoms with E-state index in [2.05, 4.69) is 4.98 Å². The van der Waals surface area contributed by atoms with Crippen LogP contribution in [-0.2, 0) is 0 Å². The first-order valence-corrected chi connectivity index (χ1v) is 11.2. The van der Waals surface area contributed by atoms with Gasteiger partial charge in [-0.05, 0) is 48.5 Å². The van der Waals surface area contributed by atoms with E-state index in [0.29, 0.717) is 49.9 Å². The summed E-state index contributed by atoms with van der Waals surface area (Å²) in [6, 6.07) is 16.2. The number of ether oxygens (including phenoxy) is 1. The zero-order valence-corrected chi connectivity index (χ0v) is 18.9. The second-order valence-electron chi connectivity index (χ2n) is 6.42. The summed E-state index contributed by atoms with van der Waals surface area (Å²) < 4.78 is 20.8. The molecule has 0 bridgehead atoms. The van der Waals surface area contributed by atoms with Gasteiger partial charge in [0.25, 0.3) is 5.56 Å². The van der Waals surface area contributed by atoms with Gasteiger partial charge in [0.2, 0.25) is 0 Å². The summed E-state index contributed by atoms with van der Waals surface area (Å²) in [5.74, 6) is 0.439. The van der Waals surface area contributed by atoms with Crippen LogP contribution in [0.3, 0.4) is 0 Å². The number of hydrogen-bond acceptors (Lipinski definition) is 4. The van der Waals surface area contributed by atoms with Crippen LogP contribution < -0.4 is 10.3 Å². The zero-order chi connectivity index (χ0) is 22.0. The Bertz CT molecular complexity index is 1330. The average molecular weight is 496 g/mol. The first kappa shape index (κ1) is 22.0. The van der Waals surface area contributed by atoms with Gasteiger partial charge in [-0.1, -0.05) is 58.7 Å². The minimum Gasteiger partial charge on any atom is -0.491 e. The normalized spacial score (nSPS) is 11.1. The fraction of sp³-hybridized carbons (Fsp3) is 0.0909. The first-order chi connectivity index (χ1) is 14.9. The Morgan fingerprint density at radius 1 is 1.00 bits per heavy atom. The lowest BCUT2D eigenvalue weighted by Gasteiger charge is -2.14. The minimum absolute atomic E-state index is 0.0748. The number of fused-ring (bicyclic) bond motifs is 1. The smallest absolute Gasteiger partial charge is 0.266 e. The third-order valence-corrected chi connectivity index (χ3v) is 6.10. The molecule has 31 heavy (non-hydrogen) atoms. The van der Waals surface area contributed by atoms with E-state index in [0.717, 1.165) is 0 Å². The molecular formula is C22H14Cl3FN2O2S. The number of rotatable bonds is 6. The van der Waals surface area contributed by atoms with Gasteiger partial charge in [-0.2, -0.15) is 0 Å². The van der Waals surface area contributed by atoms with Gasteiger partial charge in [0.1, 0.15) is 11.6 Å². The van der Waals surface area contributed by atoms with Crippen molar-refractivity contribution in [3.63, 3.8) is 0 Å². The van der Waals surface area contributed by atoms with Gasteiger partial charge < -0.3 is 4.74 Å². The van der Waals surface area contributed by atoms with Crippen LogP contribution in [-0.4, -0.2) is 21.9 Å². The summed E-state index contributed by atoms with van der Waals surface area (Å²) in [6.07, 6.45) is 0. The maximum absolute atomic E-state index is 13.7. The summed E-state index contributed by atoms with van der Waals surface area (Å²) in [7, 11) is 0. The van der Waals surface area contributed by atoms with Crippen molar-refractivity contribution in [2.75, 3.05) is 12.4 Å². The van der Waals surface area contributed by atoms with Crippen molar-refractivity contribution in [3.05, 3.63) is 91.9 Å². The molecule has 158 valence electrons. The van der Waals surface area contributed by atoms with Gasteiger partial charge in [-0.15, -0.1) is 0 Å². The lowest BCUT2D eigenvalue weighted by atomic mass is 10.2. The molecule has 0 aliphatic carbocycles. The van der Waals surface area contributed by atoms with E-state index in [-0.39, 0.29) is 10.6 Å².